The number of rotatable bonds is 5. The van der Waals surface area contributed by atoms with Crippen LogP contribution in [0, 0.1) is 0 Å². The van der Waals surface area contributed by atoms with Gasteiger partial charge in [-0.05, 0) is 54.4 Å². The van der Waals surface area contributed by atoms with Crippen LogP contribution >= 0.6 is 15.9 Å². The first kappa shape index (κ1) is 17.1. The lowest BCUT2D eigenvalue weighted by Gasteiger charge is -2.21. The van der Waals surface area contributed by atoms with E-state index in [9.17, 15) is 4.79 Å². The van der Waals surface area contributed by atoms with Crippen molar-refractivity contribution in [2.75, 3.05) is 19.8 Å². The second-order valence-corrected chi connectivity index (χ2v) is 6.97. The molecule has 1 heterocycles. The van der Waals surface area contributed by atoms with Crippen LogP contribution in [0.3, 0.4) is 0 Å². The summed E-state index contributed by atoms with van der Waals surface area (Å²) in [5, 5.41) is 3.23. The van der Waals surface area contributed by atoms with Crippen LogP contribution in [-0.2, 0) is 16.1 Å². The first-order valence-corrected chi connectivity index (χ1v) is 8.15. The van der Waals surface area contributed by atoms with Crippen LogP contribution in [-0.4, -0.2) is 31.3 Å². The third-order valence-electron chi connectivity index (χ3n) is 2.91. The first-order valence-electron chi connectivity index (χ1n) is 7.36. The van der Waals surface area contributed by atoms with E-state index in [2.05, 4.69) is 21.2 Å². The van der Waals surface area contributed by atoms with E-state index in [-0.39, 0.29) is 5.97 Å². The van der Waals surface area contributed by atoms with Gasteiger partial charge in [0.15, 0.2) is 11.5 Å². The van der Waals surface area contributed by atoms with Crippen molar-refractivity contribution in [2.45, 2.75) is 39.3 Å². The molecule has 1 aromatic carbocycles. The molecule has 1 N–H and O–H groups in total. The van der Waals surface area contributed by atoms with Crippen LogP contribution < -0.4 is 14.8 Å². The minimum atomic E-state index is -0.433. The Bertz CT molecular complexity index is 540. The number of fused-ring (bicyclic) bond motifs is 1. The molecule has 0 unspecified atom stereocenters. The van der Waals surface area contributed by atoms with Crippen molar-refractivity contribution in [1.29, 1.82) is 0 Å². The average Bonchev–Trinajstić information content (AvgIpc) is 2.42. The second kappa shape index (κ2) is 7.33. The Morgan fingerprint density at radius 3 is 2.77 bits per heavy atom. The van der Waals surface area contributed by atoms with Gasteiger partial charge in [-0.1, -0.05) is 0 Å². The van der Waals surface area contributed by atoms with E-state index in [1.807, 2.05) is 32.9 Å². The fourth-order valence-corrected chi connectivity index (χ4v) is 2.69. The molecule has 0 bridgehead atoms. The van der Waals surface area contributed by atoms with Gasteiger partial charge in [0.25, 0.3) is 0 Å². The van der Waals surface area contributed by atoms with Gasteiger partial charge in [0.1, 0.15) is 18.8 Å². The maximum atomic E-state index is 11.6. The lowest BCUT2D eigenvalue weighted by molar-refractivity contribution is -0.154. The fraction of sp³-hybridized carbons (Fsp3) is 0.562. The largest absolute Gasteiger partial charge is 0.486 e. The van der Waals surface area contributed by atoms with Gasteiger partial charge in [0.05, 0.1) is 10.9 Å². The number of hydrogen-bond donors (Lipinski definition) is 1. The smallest absolute Gasteiger partial charge is 0.307 e. The van der Waals surface area contributed by atoms with Crippen LogP contribution in [0.5, 0.6) is 11.5 Å². The van der Waals surface area contributed by atoms with Crippen LogP contribution in [0.2, 0.25) is 0 Å². The highest BCUT2D eigenvalue weighted by Gasteiger charge is 2.17. The third-order valence-corrected chi connectivity index (χ3v) is 3.50. The molecule has 2 rings (SSSR count). The number of ether oxygens (including phenoxy) is 3. The molecule has 5 nitrogen and oxygen atoms in total. The minimum absolute atomic E-state index is 0.191. The van der Waals surface area contributed by atoms with Crippen molar-refractivity contribution in [3.63, 3.8) is 0 Å². The van der Waals surface area contributed by atoms with E-state index < -0.39 is 5.60 Å². The zero-order valence-corrected chi connectivity index (χ0v) is 14.8. The van der Waals surface area contributed by atoms with Crippen LogP contribution in [0.1, 0.15) is 32.8 Å². The topological polar surface area (TPSA) is 56.8 Å². The number of carbonyl (C=O) groups excluding carboxylic acids is 1. The normalized spacial score (nSPS) is 13.8. The molecule has 0 aliphatic carbocycles. The minimum Gasteiger partial charge on any atom is -0.486 e. The predicted octanol–water partition coefficient (Wildman–Crippen LogP) is 3.04. The van der Waals surface area contributed by atoms with Gasteiger partial charge in [0.2, 0.25) is 0 Å². The lowest BCUT2D eigenvalue weighted by atomic mass is 10.2. The summed E-state index contributed by atoms with van der Waals surface area (Å²) < 4.78 is 17.3. The highest BCUT2D eigenvalue weighted by atomic mass is 79.9. The molecular weight excluding hydrogens is 350 g/mol. The van der Waals surface area contributed by atoms with Crippen LogP contribution in [0.25, 0.3) is 0 Å². The highest BCUT2D eigenvalue weighted by Crippen LogP contribution is 2.38. The van der Waals surface area contributed by atoms with E-state index in [4.69, 9.17) is 14.2 Å². The molecule has 6 heteroatoms. The van der Waals surface area contributed by atoms with E-state index >= 15 is 0 Å². The molecule has 122 valence electrons. The van der Waals surface area contributed by atoms with E-state index in [1.54, 1.807) is 0 Å². The lowest BCUT2D eigenvalue weighted by Crippen LogP contribution is -2.26. The van der Waals surface area contributed by atoms with Crippen molar-refractivity contribution >= 4 is 21.9 Å². The molecule has 1 aliphatic rings. The van der Waals surface area contributed by atoms with Crippen LogP contribution in [0.15, 0.2) is 16.6 Å². The maximum Gasteiger partial charge on any atom is 0.307 e. The number of carbonyl (C=O) groups is 1. The van der Waals surface area contributed by atoms with Crippen LogP contribution in [0.4, 0.5) is 0 Å². The molecule has 0 saturated carbocycles. The fourth-order valence-electron chi connectivity index (χ4n) is 2.08. The molecule has 0 fully saturated rings. The Morgan fingerprint density at radius 1 is 1.32 bits per heavy atom. The Kier molecular flexibility index (Phi) is 5.69. The van der Waals surface area contributed by atoms with Crippen molar-refractivity contribution in [1.82, 2.24) is 5.32 Å². The van der Waals surface area contributed by atoms with Gasteiger partial charge in [-0.3, -0.25) is 4.79 Å². The van der Waals surface area contributed by atoms with Gasteiger partial charge in [0, 0.05) is 13.1 Å². The summed E-state index contributed by atoms with van der Waals surface area (Å²) in [5.74, 6) is 1.32. The van der Waals surface area contributed by atoms with Crippen molar-refractivity contribution in [3.8, 4) is 11.5 Å². The van der Waals surface area contributed by atoms with Gasteiger partial charge < -0.3 is 19.5 Å². The summed E-state index contributed by atoms with van der Waals surface area (Å²) >= 11 is 3.49. The Morgan fingerprint density at radius 2 is 2.05 bits per heavy atom. The monoisotopic (exact) mass is 371 g/mol. The Hall–Kier alpha value is -1.27. The molecule has 22 heavy (non-hydrogen) atoms. The molecule has 1 aliphatic heterocycles. The molecular formula is C16H22BrNO4. The third kappa shape index (κ3) is 5.18. The second-order valence-electron chi connectivity index (χ2n) is 6.12. The Balaban J connectivity index is 1.80. The summed E-state index contributed by atoms with van der Waals surface area (Å²) in [4.78, 5) is 11.6. The molecule has 0 spiro atoms. The summed E-state index contributed by atoms with van der Waals surface area (Å²) in [7, 11) is 0. The summed E-state index contributed by atoms with van der Waals surface area (Å²) in [6, 6.07) is 3.95. The molecule has 0 saturated heterocycles. The standard InChI is InChI=1S/C16H22BrNO4/c1-16(2,3)22-14(19)4-5-18-10-11-8-12(17)15-13(9-11)20-6-7-21-15/h8-9,18H,4-7,10H2,1-3H3. The molecule has 1 aromatic rings. The van der Waals surface area contributed by atoms with Crippen molar-refractivity contribution in [3.05, 3.63) is 22.2 Å². The summed E-state index contributed by atoms with van der Waals surface area (Å²) in [6.45, 7) is 7.95. The molecule has 0 amide bonds. The maximum absolute atomic E-state index is 11.6. The van der Waals surface area contributed by atoms with Gasteiger partial charge in [-0.25, -0.2) is 0 Å². The number of esters is 1. The zero-order valence-electron chi connectivity index (χ0n) is 13.2. The average molecular weight is 372 g/mol. The number of benzene rings is 1. The number of halogens is 1. The SMILES string of the molecule is CC(C)(C)OC(=O)CCNCc1cc(Br)c2c(c1)OCCO2. The molecule has 0 aromatic heterocycles. The molecule has 0 radical (unpaired) electrons. The van der Waals surface area contributed by atoms with Gasteiger partial charge in [-0.2, -0.15) is 0 Å². The van der Waals surface area contributed by atoms with E-state index in [1.165, 1.54) is 0 Å². The summed E-state index contributed by atoms with van der Waals surface area (Å²) in [5.41, 5.74) is 0.637. The van der Waals surface area contributed by atoms with Crippen molar-refractivity contribution in [2.24, 2.45) is 0 Å². The van der Waals surface area contributed by atoms with Crippen molar-refractivity contribution < 1.29 is 19.0 Å². The predicted molar refractivity (Wildman–Crippen MR) is 87.3 cm³/mol. The molecule has 0 atom stereocenters. The number of hydrogen-bond acceptors (Lipinski definition) is 5. The summed E-state index contributed by atoms with van der Waals surface area (Å²) in [6.07, 6.45) is 0.350. The first-order chi connectivity index (χ1) is 10.3. The Labute approximate surface area is 139 Å². The van der Waals surface area contributed by atoms with E-state index in [0.29, 0.717) is 32.7 Å². The number of nitrogens with one attached hydrogen (secondary N) is 1. The van der Waals surface area contributed by atoms with Gasteiger partial charge in [-0.15, -0.1) is 0 Å². The highest BCUT2D eigenvalue weighted by molar-refractivity contribution is 9.10. The van der Waals surface area contributed by atoms with Gasteiger partial charge >= 0.3 is 5.97 Å². The quantitative estimate of drug-likeness (QED) is 0.636. The van der Waals surface area contributed by atoms with E-state index in [0.717, 1.165) is 21.5 Å². The zero-order chi connectivity index (χ0) is 16.2.